The number of aromatic nitrogens is 1. The molecule has 21 heavy (non-hydrogen) atoms. The van der Waals surface area contributed by atoms with Crippen LogP contribution in [-0.2, 0) is 0 Å². The molecule has 1 aliphatic carbocycles. The van der Waals surface area contributed by atoms with Gasteiger partial charge in [0.15, 0.2) is 5.11 Å². The summed E-state index contributed by atoms with van der Waals surface area (Å²) >= 11 is 5.54. The largest absolute Gasteiger partial charge is 0.346 e. The number of aryl methyl sites for hydroxylation is 2. The minimum absolute atomic E-state index is 0.804. The molecule has 1 saturated carbocycles. The van der Waals surface area contributed by atoms with E-state index in [-0.39, 0.29) is 0 Å². The summed E-state index contributed by atoms with van der Waals surface area (Å²) in [6.07, 6.45) is 2.86. The number of pyridine rings is 1. The molecule has 0 spiro atoms. The van der Waals surface area contributed by atoms with E-state index >= 15 is 0 Å². The Morgan fingerprint density at radius 1 is 1.24 bits per heavy atom. The molecular formula is C16H24N4S. The molecule has 0 aromatic carbocycles. The molecule has 0 atom stereocenters. The first-order valence-electron chi connectivity index (χ1n) is 7.84. The van der Waals surface area contributed by atoms with Crippen LogP contribution in [0.15, 0.2) is 12.1 Å². The highest BCUT2D eigenvalue weighted by atomic mass is 32.1. The minimum Gasteiger partial charge on any atom is -0.346 e. The van der Waals surface area contributed by atoms with E-state index in [1.54, 1.807) is 0 Å². The molecule has 3 rings (SSSR count). The zero-order valence-electron chi connectivity index (χ0n) is 12.9. The molecule has 1 saturated heterocycles. The van der Waals surface area contributed by atoms with Crippen molar-refractivity contribution >= 4 is 23.1 Å². The molecule has 0 unspecified atom stereocenters. The van der Waals surface area contributed by atoms with Crippen molar-refractivity contribution in [2.24, 2.45) is 5.92 Å². The fourth-order valence-corrected chi connectivity index (χ4v) is 3.18. The summed E-state index contributed by atoms with van der Waals surface area (Å²) in [7, 11) is 0. The van der Waals surface area contributed by atoms with Crippen molar-refractivity contribution in [3.8, 4) is 0 Å². The molecule has 0 amide bonds. The lowest BCUT2D eigenvalue weighted by Crippen LogP contribution is -2.50. The first kappa shape index (κ1) is 14.7. The van der Waals surface area contributed by atoms with E-state index in [1.807, 2.05) is 13.0 Å². The molecule has 5 heteroatoms. The molecule has 114 valence electrons. The molecular weight excluding hydrogens is 280 g/mol. The summed E-state index contributed by atoms with van der Waals surface area (Å²) in [5, 5.41) is 4.09. The summed E-state index contributed by atoms with van der Waals surface area (Å²) in [6, 6.07) is 4.12. The Morgan fingerprint density at radius 2 is 1.95 bits per heavy atom. The summed E-state index contributed by atoms with van der Waals surface area (Å²) in [4.78, 5) is 9.33. The first-order valence-corrected chi connectivity index (χ1v) is 8.24. The maximum Gasteiger partial charge on any atom is 0.174 e. The van der Waals surface area contributed by atoms with Crippen molar-refractivity contribution < 1.29 is 0 Å². The number of anilines is 1. The standard InChI is InChI=1S/C16H24N4S/c1-12-9-13(2)17-15(10-12)18-16(21)20-7-5-19(6-8-20)11-14-3-4-14/h9-10,14H,3-8,11H2,1-2H3,(H,17,18,21). The molecule has 2 aliphatic rings. The van der Waals surface area contributed by atoms with Crippen molar-refractivity contribution in [2.75, 3.05) is 38.0 Å². The number of thiocarbonyl (C=S) groups is 1. The van der Waals surface area contributed by atoms with Gasteiger partial charge in [0.1, 0.15) is 5.82 Å². The van der Waals surface area contributed by atoms with Crippen molar-refractivity contribution in [3.05, 3.63) is 23.4 Å². The average molecular weight is 304 g/mol. The highest BCUT2D eigenvalue weighted by molar-refractivity contribution is 7.80. The van der Waals surface area contributed by atoms with Gasteiger partial charge in [-0.2, -0.15) is 0 Å². The lowest BCUT2D eigenvalue weighted by Gasteiger charge is -2.36. The van der Waals surface area contributed by atoms with Gasteiger partial charge in [-0.1, -0.05) is 0 Å². The number of nitrogens with zero attached hydrogens (tertiary/aromatic N) is 3. The molecule has 0 bridgehead atoms. The number of nitrogens with one attached hydrogen (secondary N) is 1. The number of rotatable bonds is 3. The van der Waals surface area contributed by atoms with Gasteiger partial charge in [0.25, 0.3) is 0 Å². The zero-order chi connectivity index (χ0) is 14.8. The third-order valence-electron chi connectivity index (χ3n) is 4.21. The third-order valence-corrected chi connectivity index (χ3v) is 4.57. The van der Waals surface area contributed by atoms with E-state index in [4.69, 9.17) is 12.2 Å². The van der Waals surface area contributed by atoms with E-state index in [2.05, 4.69) is 33.1 Å². The Labute approximate surface area is 132 Å². The van der Waals surface area contributed by atoms with E-state index < -0.39 is 0 Å². The minimum atomic E-state index is 0.804. The normalized spacial score (nSPS) is 19.6. The second-order valence-electron chi connectivity index (χ2n) is 6.33. The lowest BCUT2D eigenvalue weighted by atomic mass is 10.2. The van der Waals surface area contributed by atoms with E-state index in [0.717, 1.165) is 48.7 Å². The fraction of sp³-hybridized carbons (Fsp3) is 0.625. The van der Waals surface area contributed by atoms with Crippen LogP contribution in [0.1, 0.15) is 24.1 Å². The topological polar surface area (TPSA) is 31.4 Å². The Bertz CT molecular complexity index is 499. The molecule has 1 aromatic rings. The SMILES string of the molecule is Cc1cc(C)nc(NC(=S)N2CCN(CC3CC3)CC2)c1. The van der Waals surface area contributed by atoms with Gasteiger partial charge >= 0.3 is 0 Å². The molecule has 4 nitrogen and oxygen atoms in total. The number of piperazine rings is 1. The van der Waals surface area contributed by atoms with Gasteiger partial charge in [0.05, 0.1) is 0 Å². The molecule has 0 radical (unpaired) electrons. The van der Waals surface area contributed by atoms with Crippen molar-refractivity contribution in [2.45, 2.75) is 26.7 Å². The lowest BCUT2D eigenvalue weighted by molar-refractivity contribution is 0.177. The van der Waals surface area contributed by atoms with Gasteiger partial charge in [-0.25, -0.2) is 4.98 Å². The van der Waals surface area contributed by atoms with E-state index in [9.17, 15) is 0 Å². The van der Waals surface area contributed by atoms with Gasteiger partial charge in [0, 0.05) is 38.4 Å². The molecule has 1 N–H and O–H groups in total. The second-order valence-corrected chi connectivity index (χ2v) is 6.72. The van der Waals surface area contributed by atoms with Crippen molar-refractivity contribution in [3.63, 3.8) is 0 Å². The van der Waals surface area contributed by atoms with Gasteiger partial charge in [-0.15, -0.1) is 0 Å². The highest BCUT2D eigenvalue weighted by Gasteiger charge is 2.26. The highest BCUT2D eigenvalue weighted by Crippen LogP contribution is 2.29. The van der Waals surface area contributed by atoms with Gasteiger partial charge in [0.2, 0.25) is 0 Å². The number of hydrogen-bond acceptors (Lipinski definition) is 3. The van der Waals surface area contributed by atoms with Gasteiger partial charge in [-0.05, 0) is 62.5 Å². The Morgan fingerprint density at radius 3 is 2.57 bits per heavy atom. The van der Waals surface area contributed by atoms with Gasteiger partial charge < -0.3 is 10.2 Å². The maximum absolute atomic E-state index is 5.54. The predicted molar refractivity (Wildman–Crippen MR) is 90.7 cm³/mol. The van der Waals surface area contributed by atoms with Crippen LogP contribution in [0.3, 0.4) is 0 Å². The van der Waals surface area contributed by atoms with Crippen molar-refractivity contribution in [1.82, 2.24) is 14.8 Å². The molecule has 1 aromatic heterocycles. The van der Waals surface area contributed by atoms with E-state index in [1.165, 1.54) is 24.9 Å². The van der Waals surface area contributed by atoms with Crippen LogP contribution in [0.5, 0.6) is 0 Å². The quantitative estimate of drug-likeness (QED) is 0.867. The van der Waals surface area contributed by atoms with Crippen LogP contribution < -0.4 is 5.32 Å². The smallest absolute Gasteiger partial charge is 0.174 e. The second kappa shape index (κ2) is 6.28. The Hall–Kier alpha value is -1.20. The Balaban J connectivity index is 1.51. The van der Waals surface area contributed by atoms with Crippen LogP contribution in [-0.4, -0.2) is 52.6 Å². The zero-order valence-corrected chi connectivity index (χ0v) is 13.7. The summed E-state index contributed by atoms with van der Waals surface area (Å²) in [6.45, 7) is 9.66. The van der Waals surface area contributed by atoms with Crippen molar-refractivity contribution in [1.29, 1.82) is 0 Å². The first-order chi connectivity index (χ1) is 10.1. The maximum atomic E-state index is 5.54. The summed E-state index contributed by atoms with van der Waals surface area (Å²) < 4.78 is 0. The molecule has 2 fully saturated rings. The fourth-order valence-electron chi connectivity index (χ4n) is 2.89. The summed E-state index contributed by atoms with van der Waals surface area (Å²) in [5.41, 5.74) is 2.23. The monoisotopic (exact) mass is 304 g/mol. The van der Waals surface area contributed by atoms with Crippen LogP contribution in [0.25, 0.3) is 0 Å². The molecule has 2 heterocycles. The Kier molecular flexibility index (Phi) is 4.40. The van der Waals surface area contributed by atoms with Crippen LogP contribution in [0.2, 0.25) is 0 Å². The van der Waals surface area contributed by atoms with E-state index in [0.29, 0.717) is 0 Å². The van der Waals surface area contributed by atoms with Crippen LogP contribution >= 0.6 is 12.2 Å². The van der Waals surface area contributed by atoms with Gasteiger partial charge in [-0.3, -0.25) is 4.90 Å². The average Bonchev–Trinajstić information content (AvgIpc) is 3.22. The van der Waals surface area contributed by atoms with Crippen LogP contribution in [0, 0.1) is 19.8 Å². The van der Waals surface area contributed by atoms with Crippen LogP contribution in [0.4, 0.5) is 5.82 Å². The summed E-state index contributed by atoms with van der Waals surface area (Å²) in [5.74, 6) is 1.83. The molecule has 1 aliphatic heterocycles. The number of hydrogen-bond donors (Lipinski definition) is 1. The third kappa shape index (κ3) is 4.14. The predicted octanol–water partition coefficient (Wildman–Crippen LogP) is 2.42.